The zero-order valence-electron chi connectivity index (χ0n) is 24.2. The second-order valence-electron chi connectivity index (χ2n) is 11.9. The molecule has 0 aliphatic carbocycles. The Hall–Kier alpha value is -0.850. The maximum atomic E-state index is 11.5. The van der Waals surface area contributed by atoms with Crippen molar-refractivity contribution in [2.75, 3.05) is 26.4 Å². The molecule has 0 unspecified atom stereocenters. The second-order valence-corrected chi connectivity index (χ2v) is 12.9. The van der Waals surface area contributed by atoms with Crippen molar-refractivity contribution in [2.45, 2.75) is 123 Å². The van der Waals surface area contributed by atoms with Gasteiger partial charge in [-0.25, -0.2) is 4.18 Å². The topological polar surface area (TPSA) is 329 Å². The normalized spacial score (nSPS) is 53.3. The Morgan fingerprint density at radius 1 is 0.553 bits per heavy atom. The lowest BCUT2D eigenvalue weighted by Crippen LogP contribution is -2.66. The molecule has 22 nitrogen and oxygen atoms in total. The van der Waals surface area contributed by atoms with E-state index in [-0.39, 0.29) is 13.2 Å². The van der Waals surface area contributed by atoms with Crippen LogP contribution in [-0.4, -0.2) is 208 Å². The zero-order chi connectivity index (χ0) is 33.9. The van der Waals surface area contributed by atoms with Gasteiger partial charge < -0.3 is 88.6 Å². The monoisotopic (exact) mass is 710 g/mol. The molecule has 0 radical (unpaired) electrons. The summed E-state index contributed by atoms with van der Waals surface area (Å²) in [4.78, 5) is 0. The number of fused-ring (bicyclic) bond motifs is 4. The van der Waals surface area contributed by atoms with Gasteiger partial charge in [-0.1, -0.05) is 0 Å². The van der Waals surface area contributed by atoms with Crippen LogP contribution >= 0.6 is 0 Å². The molecule has 10 N–H and O–H groups in total. The quantitative estimate of drug-likeness (QED) is 0.0941. The molecule has 4 bridgehead atoms. The van der Waals surface area contributed by atoms with Gasteiger partial charge >= 0.3 is 10.4 Å². The lowest BCUT2D eigenvalue weighted by Gasteiger charge is -2.47. The van der Waals surface area contributed by atoms with E-state index >= 15 is 0 Å². The van der Waals surface area contributed by atoms with Gasteiger partial charge in [0, 0.05) is 0 Å². The minimum atomic E-state index is -5.20. The first-order chi connectivity index (χ1) is 22.2. The molecular weight excluding hydrogens is 672 g/mol. The fourth-order valence-corrected chi connectivity index (χ4v) is 7.03. The lowest BCUT2D eigenvalue weighted by atomic mass is 9.96. The number of ether oxygens (including phenoxy) is 9. The van der Waals surface area contributed by atoms with Crippen LogP contribution < -0.4 is 0 Å². The average molecular weight is 711 g/mol. The Balaban J connectivity index is 1.14. The number of hydrogen-bond acceptors (Lipinski definition) is 21. The van der Waals surface area contributed by atoms with E-state index in [1.54, 1.807) is 0 Å². The van der Waals surface area contributed by atoms with Crippen molar-refractivity contribution >= 4 is 10.4 Å². The van der Waals surface area contributed by atoms with Crippen LogP contribution in [0.2, 0.25) is 0 Å². The highest BCUT2D eigenvalue weighted by molar-refractivity contribution is 7.80. The third-order valence-electron chi connectivity index (χ3n) is 8.90. The third kappa shape index (κ3) is 6.93. The summed E-state index contributed by atoms with van der Waals surface area (Å²) in [5.41, 5.74) is 0. The number of aliphatic hydroxyl groups excluding tert-OH is 9. The van der Waals surface area contributed by atoms with E-state index in [1.807, 2.05) is 0 Å². The van der Waals surface area contributed by atoms with Gasteiger partial charge in [-0.05, 0) is 0 Å². The Morgan fingerprint density at radius 2 is 1.11 bits per heavy atom. The molecule has 272 valence electrons. The highest BCUT2D eigenvalue weighted by atomic mass is 32.3. The molecule has 0 aromatic rings. The standard InChI is InChI=1S/C24H38O22S/c25-1-5-9(27)18(44-22-12(30)17-10(28)7(41-22)3-37-17)13(31)23(40-5)43-15-8-4-38-19(15)14(32)24(42-8)45-20-11(29)21(33)39-6(2-26)16(20)46-47(34,35)36/h5-33H,1-4H2,(H,34,35,36)/t5-,6-,7-,8-,9+,10+,11-,12-,13-,14-,15-,16+,17+,18+,19-,20-,21-,22-,23+,24-/m1/s1. The van der Waals surface area contributed by atoms with Crippen molar-refractivity contribution in [2.24, 2.45) is 0 Å². The van der Waals surface area contributed by atoms with Crippen LogP contribution in [-0.2, 0) is 57.2 Å². The van der Waals surface area contributed by atoms with Crippen molar-refractivity contribution in [3.8, 4) is 0 Å². The van der Waals surface area contributed by atoms with Gasteiger partial charge in [0.05, 0.1) is 26.4 Å². The summed E-state index contributed by atoms with van der Waals surface area (Å²) in [7, 11) is -5.20. The van der Waals surface area contributed by atoms with E-state index in [0.717, 1.165) is 0 Å². The summed E-state index contributed by atoms with van der Waals surface area (Å²) in [5, 5.41) is 93.7. The van der Waals surface area contributed by atoms with Crippen LogP contribution in [0.1, 0.15) is 0 Å². The molecular formula is C24H38O22S. The van der Waals surface area contributed by atoms with Gasteiger partial charge in [-0.15, -0.1) is 0 Å². The summed E-state index contributed by atoms with van der Waals surface area (Å²) in [6, 6.07) is 0. The van der Waals surface area contributed by atoms with E-state index in [4.69, 9.17) is 42.6 Å². The molecule has 0 amide bonds. The molecule has 0 spiro atoms. The molecule has 0 aromatic carbocycles. The first-order valence-corrected chi connectivity index (χ1v) is 16.0. The maximum absolute atomic E-state index is 11.5. The molecule has 6 heterocycles. The van der Waals surface area contributed by atoms with E-state index in [2.05, 4.69) is 4.18 Å². The number of rotatable bonds is 10. The molecule has 47 heavy (non-hydrogen) atoms. The molecule has 6 aliphatic heterocycles. The fraction of sp³-hybridized carbons (Fsp3) is 1.00. The first kappa shape index (κ1) is 36.0. The van der Waals surface area contributed by atoms with E-state index < -0.39 is 146 Å². The smallest absolute Gasteiger partial charge is 0.394 e. The SMILES string of the molecule is O=S(=O)(O)O[C@@H]1[C@H](O[C@H]2O[C@@H]3CO[C@H]([C@H]2O)[C@@H]3O[C@@H]2O[C@H](CO)[C@H](O)[C@H](O[C@H]3O[C@@H]4CO[C@@H]([C@H]4O)[C@H]3O)[C@H]2O)[C@@H](O)[C@H](O)O[C@@H]1CO. The predicted octanol–water partition coefficient (Wildman–Crippen LogP) is -7.83. The maximum Gasteiger partial charge on any atom is 0.397 e. The Labute approximate surface area is 265 Å². The van der Waals surface area contributed by atoms with Crippen LogP contribution in [0, 0.1) is 0 Å². The summed E-state index contributed by atoms with van der Waals surface area (Å²) in [5.74, 6) is 0. The van der Waals surface area contributed by atoms with Crippen LogP contribution in [0.3, 0.4) is 0 Å². The minimum absolute atomic E-state index is 0.0333. The molecule has 20 atom stereocenters. The number of hydrogen-bond donors (Lipinski definition) is 10. The Bertz CT molecular complexity index is 1180. The van der Waals surface area contributed by atoms with Gasteiger partial charge in [0.2, 0.25) is 0 Å². The molecule has 0 aromatic heterocycles. The summed E-state index contributed by atoms with van der Waals surface area (Å²) in [6.07, 6.45) is -30.5. The van der Waals surface area contributed by atoms with Crippen molar-refractivity contribution < 1.29 is 106 Å². The highest BCUT2D eigenvalue weighted by Gasteiger charge is 2.59. The van der Waals surface area contributed by atoms with Gasteiger partial charge in [-0.3, -0.25) is 4.55 Å². The first-order valence-electron chi connectivity index (χ1n) is 14.7. The Kier molecular flexibility index (Phi) is 10.7. The van der Waals surface area contributed by atoms with Gasteiger partial charge in [-0.2, -0.15) is 8.42 Å². The highest BCUT2D eigenvalue weighted by Crippen LogP contribution is 2.38. The lowest BCUT2D eigenvalue weighted by molar-refractivity contribution is -0.371. The van der Waals surface area contributed by atoms with Crippen molar-refractivity contribution in [3.05, 3.63) is 0 Å². The largest absolute Gasteiger partial charge is 0.397 e. The number of aliphatic hydroxyl groups is 9. The molecule has 6 aliphatic rings. The third-order valence-corrected chi connectivity index (χ3v) is 9.37. The summed E-state index contributed by atoms with van der Waals surface area (Å²) >= 11 is 0. The fourth-order valence-electron chi connectivity index (χ4n) is 6.52. The average Bonchev–Trinajstić information content (AvgIpc) is 3.48. The van der Waals surface area contributed by atoms with E-state index in [1.165, 1.54) is 0 Å². The van der Waals surface area contributed by atoms with Crippen molar-refractivity contribution in [1.82, 2.24) is 0 Å². The molecule has 6 rings (SSSR count). The van der Waals surface area contributed by atoms with Crippen LogP contribution in [0.15, 0.2) is 0 Å². The van der Waals surface area contributed by atoms with Crippen molar-refractivity contribution in [3.63, 3.8) is 0 Å². The van der Waals surface area contributed by atoms with Gasteiger partial charge in [0.1, 0.15) is 97.7 Å². The van der Waals surface area contributed by atoms with Crippen molar-refractivity contribution in [1.29, 1.82) is 0 Å². The minimum Gasteiger partial charge on any atom is -0.394 e. The Morgan fingerprint density at radius 3 is 1.77 bits per heavy atom. The van der Waals surface area contributed by atoms with Crippen LogP contribution in [0.5, 0.6) is 0 Å². The summed E-state index contributed by atoms with van der Waals surface area (Å²) in [6.45, 7) is -1.96. The molecule has 6 fully saturated rings. The molecule has 6 saturated heterocycles. The molecule has 0 saturated carbocycles. The summed E-state index contributed by atoms with van der Waals surface area (Å²) < 4.78 is 86.6. The van der Waals surface area contributed by atoms with Gasteiger partial charge in [0.25, 0.3) is 0 Å². The van der Waals surface area contributed by atoms with Crippen LogP contribution in [0.25, 0.3) is 0 Å². The zero-order valence-corrected chi connectivity index (χ0v) is 25.0. The second kappa shape index (κ2) is 14.0. The van der Waals surface area contributed by atoms with Gasteiger partial charge in [0.15, 0.2) is 25.2 Å². The molecule has 23 heteroatoms. The van der Waals surface area contributed by atoms with E-state index in [9.17, 15) is 58.9 Å². The predicted molar refractivity (Wildman–Crippen MR) is 138 cm³/mol. The van der Waals surface area contributed by atoms with E-state index in [0.29, 0.717) is 0 Å². The van der Waals surface area contributed by atoms with Crippen LogP contribution in [0.4, 0.5) is 0 Å².